The van der Waals surface area contributed by atoms with Crippen molar-refractivity contribution in [2.45, 2.75) is 38.8 Å². The van der Waals surface area contributed by atoms with Crippen LogP contribution in [0.2, 0.25) is 0 Å². The fourth-order valence-electron chi connectivity index (χ4n) is 0.523. The fourth-order valence-corrected chi connectivity index (χ4v) is 0.523. The van der Waals surface area contributed by atoms with Gasteiger partial charge in [0, 0.05) is 0 Å². The standard InChI is InChI=1S/C7H14FNO3/c1-7(2,3)12-5(8)4(9)6(10)11/h4-5H,9H2,1-3H3,(H,10,11)/t4?,5-/m0/s1. The van der Waals surface area contributed by atoms with Crippen LogP contribution in [0.3, 0.4) is 0 Å². The second kappa shape index (κ2) is 3.82. The Morgan fingerprint density at radius 1 is 1.58 bits per heavy atom. The first kappa shape index (κ1) is 11.3. The number of hydrogen-bond donors (Lipinski definition) is 2. The van der Waals surface area contributed by atoms with Crippen LogP contribution < -0.4 is 5.73 Å². The summed E-state index contributed by atoms with van der Waals surface area (Å²) in [5.41, 5.74) is 4.24. The molecule has 0 aliphatic rings. The van der Waals surface area contributed by atoms with Crippen molar-refractivity contribution in [3.8, 4) is 0 Å². The molecule has 0 rings (SSSR count). The summed E-state index contributed by atoms with van der Waals surface area (Å²) >= 11 is 0. The van der Waals surface area contributed by atoms with Crippen LogP contribution in [0.5, 0.6) is 0 Å². The molecule has 0 spiro atoms. The van der Waals surface area contributed by atoms with Gasteiger partial charge in [0.15, 0.2) is 6.04 Å². The molecule has 1 unspecified atom stereocenters. The predicted octanol–water partition coefficient (Wildman–Crippen LogP) is 0.509. The van der Waals surface area contributed by atoms with E-state index in [1.165, 1.54) is 0 Å². The molecule has 0 saturated carbocycles. The number of ether oxygens (including phenoxy) is 1. The Bertz CT molecular complexity index is 167. The van der Waals surface area contributed by atoms with Gasteiger partial charge in [0.1, 0.15) is 0 Å². The SMILES string of the molecule is CC(C)(C)O[C@H](F)C(N)C(=O)O. The van der Waals surface area contributed by atoms with Crippen molar-refractivity contribution in [1.82, 2.24) is 0 Å². The normalized spacial score (nSPS) is 17.1. The Morgan fingerprint density at radius 2 is 2.00 bits per heavy atom. The molecule has 12 heavy (non-hydrogen) atoms. The Kier molecular flexibility index (Phi) is 3.60. The van der Waals surface area contributed by atoms with Crippen molar-refractivity contribution in [2.75, 3.05) is 0 Å². The van der Waals surface area contributed by atoms with Crippen LogP contribution in [0.1, 0.15) is 20.8 Å². The van der Waals surface area contributed by atoms with Crippen molar-refractivity contribution >= 4 is 5.97 Å². The molecule has 0 heterocycles. The molecule has 0 aliphatic carbocycles. The zero-order valence-corrected chi connectivity index (χ0v) is 7.37. The molecule has 3 N–H and O–H groups in total. The maximum atomic E-state index is 12.8. The van der Waals surface area contributed by atoms with Gasteiger partial charge in [0.2, 0.25) is 6.36 Å². The van der Waals surface area contributed by atoms with Gasteiger partial charge in [-0.25, -0.2) is 4.39 Å². The van der Waals surface area contributed by atoms with Gasteiger partial charge in [-0.3, -0.25) is 4.79 Å². The monoisotopic (exact) mass is 179 g/mol. The third-order valence-electron chi connectivity index (χ3n) is 1.03. The number of aliphatic carboxylic acids is 1. The van der Waals surface area contributed by atoms with Gasteiger partial charge in [-0.2, -0.15) is 0 Å². The maximum absolute atomic E-state index is 12.8. The van der Waals surface area contributed by atoms with Crippen LogP contribution in [0.15, 0.2) is 0 Å². The van der Waals surface area contributed by atoms with E-state index in [0.29, 0.717) is 0 Å². The van der Waals surface area contributed by atoms with Crippen LogP contribution in [0.4, 0.5) is 4.39 Å². The number of hydrogen-bond acceptors (Lipinski definition) is 3. The number of carboxylic acids is 1. The molecule has 0 radical (unpaired) electrons. The lowest BCUT2D eigenvalue weighted by Gasteiger charge is -2.24. The van der Waals surface area contributed by atoms with Gasteiger partial charge in [0.05, 0.1) is 5.60 Å². The highest BCUT2D eigenvalue weighted by Crippen LogP contribution is 2.13. The van der Waals surface area contributed by atoms with Gasteiger partial charge in [-0.1, -0.05) is 0 Å². The van der Waals surface area contributed by atoms with Gasteiger partial charge < -0.3 is 15.6 Å². The fraction of sp³-hybridized carbons (Fsp3) is 0.857. The van der Waals surface area contributed by atoms with E-state index in [-0.39, 0.29) is 0 Å². The minimum Gasteiger partial charge on any atom is -0.480 e. The Balaban J connectivity index is 4.04. The number of halogens is 1. The van der Waals surface area contributed by atoms with Crippen LogP contribution in [0.25, 0.3) is 0 Å². The Hall–Kier alpha value is -0.680. The molecule has 0 saturated heterocycles. The van der Waals surface area contributed by atoms with E-state index >= 15 is 0 Å². The molecule has 0 amide bonds. The van der Waals surface area contributed by atoms with Crippen molar-refractivity contribution in [2.24, 2.45) is 5.73 Å². The molecule has 4 nitrogen and oxygen atoms in total. The van der Waals surface area contributed by atoms with E-state index in [4.69, 9.17) is 10.8 Å². The molecule has 0 bridgehead atoms. The first-order valence-corrected chi connectivity index (χ1v) is 3.54. The first-order valence-electron chi connectivity index (χ1n) is 3.54. The van der Waals surface area contributed by atoms with Gasteiger partial charge >= 0.3 is 5.97 Å². The molecule has 72 valence electrons. The molecule has 0 aromatic rings. The van der Waals surface area contributed by atoms with Gasteiger partial charge in [0.25, 0.3) is 0 Å². The van der Waals surface area contributed by atoms with Crippen molar-refractivity contribution < 1.29 is 19.0 Å². The van der Waals surface area contributed by atoms with E-state index in [0.717, 1.165) is 0 Å². The minimum atomic E-state index is -1.97. The number of carboxylic acid groups (broad SMARTS) is 1. The third kappa shape index (κ3) is 4.25. The lowest BCUT2D eigenvalue weighted by molar-refractivity contribution is -0.161. The maximum Gasteiger partial charge on any atom is 0.326 e. The summed E-state index contributed by atoms with van der Waals surface area (Å²) in [6, 6.07) is -1.62. The quantitative estimate of drug-likeness (QED) is 0.662. The van der Waals surface area contributed by atoms with E-state index in [9.17, 15) is 9.18 Å². The second-order valence-electron chi connectivity index (χ2n) is 3.45. The summed E-state index contributed by atoms with van der Waals surface area (Å²) in [7, 11) is 0. The van der Waals surface area contributed by atoms with Gasteiger partial charge in [-0.05, 0) is 20.8 Å². The summed E-state index contributed by atoms with van der Waals surface area (Å²) in [6.45, 7) is 4.86. The van der Waals surface area contributed by atoms with Crippen LogP contribution in [0, 0.1) is 0 Å². The third-order valence-corrected chi connectivity index (χ3v) is 1.03. The Labute approximate surface area is 70.5 Å². The summed E-state index contributed by atoms with van der Waals surface area (Å²) in [6.07, 6.45) is -1.97. The highest BCUT2D eigenvalue weighted by molar-refractivity contribution is 5.73. The molecule has 0 fully saturated rings. The largest absolute Gasteiger partial charge is 0.480 e. The molecular weight excluding hydrogens is 165 g/mol. The second-order valence-corrected chi connectivity index (χ2v) is 3.45. The molecule has 0 aromatic carbocycles. The van der Waals surface area contributed by atoms with Crippen LogP contribution in [-0.2, 0) is 9.53 Å². The number of rotatable bonds is 3. The summed E-state index contributed by atoms with van der Waals surface area (Å²) < 4.78 is 17.5. The summed E-state index contributed by atoms with van der Waals surface area (Å²) in [5.74, 6) is -1.41. The van der Waals surface area contributed by atoms with E-state index < -0.39 is 24.0 Å². The zero-order valence-electron chi connectivity index (χ0n) is 7.37. The summed E-state index contributed by atoms with van der Waals surface area (Å²) in [4.78, 5) is 10.2. The minimum absolute atomic E-state index is 0.730. The Morgan fingerprint density at radius 3 is 2.25 bits per heavy atom. The predicted molar refractivity (Wildman–Crippen MR) is 41.3 cm³/mol. The van der Waals surface area contributed by atoms with Crippen molar-refractivity contribution in [3.63, 3.8) is 0 Å². The lowest BCUT2D eigenvalue weighted by Crippen LogP contribution is -2.43. The van der Waals surface area contributed by atoms with Crippen molar-refractivity contribution in [1.29, 1.82) is 0 Å². The molecular formula is C7H14FNO3. The average molecular weight is 179 g/mol. The van der Waals surface area contributed by atoms with Gasteiger partial charge in [-0.15, -0.1) is 0 Å². The molecule has 5 heteroatoms. The lowest BCUT2D eigenvalue weighted by atomic mass is 10.2. The number of alkyl halides is 1. The number of nitrogens with two attached hydrogens (primary N) is 1. The van der Waals surface area contributed by atoms with E-state index in [1.54, 1.807) is 20.8 Å². The topological polar surface area (TPSA) is 72.5 Å². The van der Waals surface area contributed by atoms with E-state index in [2.05, 4.69) is 4.74 Å². The van der Waals surface area contributed by atoms with Crippen LogP contribution >= 0.6 is 0 Å². The highest BCUT2D eigenvalue weighted by atomic mass is 19.1. The molecule has 2 atom stereocenters. The zero-order chi connectivity index (χ0) is 9.94. The average Bonchev–Trinajstić information content (AvgIpc) is 1.82. The molecule has 0 aromatic heterocycles. The first-order chi connectivity index (χ1) is 5.24. The number of carbonyl (C=O) groups is 1. The van der Waals surface area contributed by atoms with E-state index in [1.807, 2.05) is 0 Å². The smallest absolute Gasteiger partial charge is 0.326 e. The summed E-state index contributed by atoms with van der Waals surface area (Å²) in [5, 5.41) is 8.30. The molecule has 0 aliphatic heterocycles. The van der Waals surface area contributed by atoms with Crippen molar-refractivity contribution in [3.05, 3.63) is 0 Å². The highest BCUT2D eigenvalue weighted by Gasteiger charge is 2.28. The van der Waals surface area contributed by atoms with Crippen LogP contribution in [-0.4, -0.2) is 29.1 Å².